The normalized spacial score (nSPS) is 11.3. The molecule has 5 aromatic carbocycles. The second kappa shape index (κ2) is 6.78. The van der Waals surface area contributed by atoms with Crippen LogP contribution in [0.3, 0.4) is 0 Å². The molecule has 1 N–H and O–H groups in total. The number of benzene rings is 5. The van der Waals surface area contributed by atoms with E-state index in [1.54, 1.807) is 0 Å². The average molecular weight is 385 g/mol. The minimum Gasteiger partial charge on any atom is -0.455 e. The molecule has 1 heterocycles. The van der Waals surface area contributed by atoms with Crippen LogP contribution in [0.25, 0.3) is 43.8 Å². The van der Waals surface area contributed by atoms with E-state index < -0.39 is 0 Å². The van der Waals surface area contributed by atoms with Crippen molar-refractivity contribution in [3.8, 4) is 11.1 Å². The van der Waals surface area contributed by atoms with E-state index in [4.69, 9.17) is 4.42 Å². The van der Waals surface area contributed by atoms with Crippen molar-refractivity contribution in [2.75, 3.05) is 5.32 Å². The molecular formula is C28H19NO. The monoisotopic (exact) mass is 385 g/mol. The first-order chi connectivity index (χ1) is 14.9. The van der Waals surface area contributed by atoms with Gasteiger partial charge in [-0.1, -0.05) is 84.9 Å². The molecular weight excluding hydrogens is 366 g/mol. The van der Waals surface area contributed by atoms with E-state index in [1.165, 1.54) is 10.8 Å². The molecule has 1 aromatic heterocycles. The first-order valence-corrected chi connectivity index (χ1v) is 10.1. The van der Waals surface area contributed by atoms with Crippen LogP contribution < -0.4 is 5.32 Å². The summed E-state index contributed by atoms with van der Waals surface area (Å²) in [5, 5.41) is 8.34. The maximum Gasteiger partial charge on any atom is 0.143 e. The molecule has 6 rings (SSSR count). The molecule has 0 bridgehead atoms. The highest BCUT2D eigenvalue weighted by Crippen LogP contribution is 2.36. The molecule has 0 amide bonds. The highest BCUT2D eigenvalue weighted by molar-refractivity contribution is 6.09. The molecule has 2 heteroatoms. The van der Waals surface area contributed by atoms with Gasteiger partial charge in [-0.25, -0.2) is 0 Å². The maximum absolute atomic E-state index is 6.23. The molecule has 0 radical (unpaired) electrons. The number of hydrogen-bond acceptors (Lipinski definition) is 2. The van der Waals surface area contributed by atoms with Gasteiger partial charge in [0.2, 0.25) is 0 Å². The molecule has 0 aliphatic carbocycles. The van der Waals surface area contributed by atoms with Gasteiger partial charge in [0.05, 0.1) is 0 Å². The quantitative estimate of drug-likeness (QED) is 0.332. The van der Waals surface area contributed by atoms with Gasteiger partial charge in [0, 0.05) is 33.1 Å². The Kier molecular flexibility index (Phi) is 3.82. The van der Waals surface area contributed by atoms with Crippen LogP contribution in [0.15, 0.2) is 114 Å². The van der Waals surface area contributed by atoms with Crippen molar-refractivity contribution in [2.45, 2.75) is 0 Å². The fraction of sp³-hybridized carbons (Fsp3) is 0. The Morgan fingerprint density at radius 2 is 1.30 bits per heavy atom. The van der Waals surface area contributed by atoms with Crippen molar-refractivity contribution in [2.24, 2.45) is 0 Å². The number of anilines is 2. The van der Waals surface area contributed by atoms with Crippen molar-refractivity contribution in [3.05, 3.63) is 109 Å². The Morgan fingerprint density at radius 3 is 2.27 bits per heavy atom. The number of nitrogens with one attached hydrogen (secondary N) is 1. The average Bonchev–Trinajstić information content (AvgIpc) is 3.18. The Bertz CT molecular complexity index is 1520. The van der Waals surface area contributed by atoms with E-state index in [9.17, 15) is 0 Å². The third-order valence-electron chi connectivity index (χ3n) is 5.65. The molecule has 0 saturated heterocycles. The first-order valence-electron chi connectivity index (χ1n) is 10.1. The Balaban J connectivity index is 1.46. The molecule has 0 fully saturated rings. The van der Waals surface area contributed by atoms with E-state index in [0.717, 1.165) is 44.4 Å². The number of fused-ring (bicyclic) bond motifs is 4. The zero-order chi connectivity index (χ0) is 19.9. The largest absolute Gasteiger partial charge is 0.455 e. The molecule has 30 heavy (non-hydrogen) atoms. The van der Waals surface area contributed by atoms with Crippen molar-refractivity contribution < 1.29 is 4.42 Å². The fourth-order valence-electron chi connectivity index (χ4n) is 4.23. The Morgan fingerprint density at radius 1 is 0.567 bits per heavy atom. The lowest BCUT2D eigenvalue weighted by molar-refractivity contribution is 0.670. The highest BCUT2D eigenvalue weighted by Gasteiger charge is 2.12. The molecule has 0 saturated carbocycles. The van der Waals surface area contributed by atoms with Gasteiger partial charge in [-0.15, -0.1) is 0 Å². The maximum atomic E-state index is 6.23. The molecule has 2 nitrogen and oxygen atoms in total. The van der Waals surface area contributed by atoms with Crippen LogP contribution in [0.4, 0.5) is 11.4 Å². The number of hydrogen-bond donors (Lipinski definition) is 1. The summed E-state index contributed by atoms with van der Waals surface area (Å²) < 4.78 is 6.23. The van der Waals surface area contributed by atoms with Gasteiger partial charge in [0.15, 0.2) is 0 Å². The van der Waals surface area contributed by atoms with Gasteiger partial charge in [-0.3, -0.25) is 0 Å². The van der Waals surface area contributed by atoms with E-state index in [-0.39, 0.29) is 0 Å². The van der Waals surface area contributed by atoms with Gasteiger partial charge < -0.3 is 9.73 Å². The number of para-hydroxylation sites is 2. The van der Waals surface area contributed by atoms with E-state index in [2.05, 4.69) is 102 Å². The van der Waals surface area contributed by atoms with Crippen molar-refractivity contribution in [1.29, 1.82) is 0 Å². The molecule has 0 aliphatic heterocycles. The van der Waals surface area contributed by atoms with Gasteiger partial charge in [-0.05, 0) is 35.2 Å². The Labute approximate surface area is 174 Å². The summed E-state index contributed by atoms with van der Waals surface area (Å²) in [6, 6.07) is 37.9. The summed E-state index contributed by atoms with van der Waals surface area (Å²) in [5.41, 5.74) is 6.24. The van der Waals surface area contributed by atoms with E-state index >= 15 is 0 Å². The molecule has 0 unspecified atom stereocenters. The van der Waals surface area contributed by atoms with Crippen LogP contribution >= 0.6 is 0 Å². The smallest absolute Gasteiger partial charge is 0.143 e. The molecule has 0 spiro atoms. The third-order valence-corrected chi connectivity index (χ3v) is 5.65. The van der Waals surface area contributed by atoms with Crippen LogP contribution in [0.5, 0.6) is 0 Å². The fourth-order valence-corrected chi connectivity index (χ4v) is 4.23. The predicted molar refractivity (Wildman–Crippen MR) is 126 cm³/mol. The summed E-state index contributed by atoms with van der Waals surface area (Å²) in [4.78, 5) is 0. The summed E-state index contributed by atoms with van der Waals surface area (Å²) >= 11 is 0. The lowest BCUT2D eigenvalue weighted by Crippen LogP contribution is -1.92. The minimum atomic E-state index is 0.921. The van der Waals surface area contributed by atoms with Gasteiger partial charge in [0.25, 0.3) is 0 Å². The van der Waals surface area contributed by atoms with Crippen LogP contribution in [0, 0.1) is 0 Å². The van der Waals surface area contributed by atoms with Crippen LogP contribution in [0.2, 0.25) is 0 Å². The lowest BCUT2D eigenvalue weighted by atomic mass is 10.0. The SMILES string of the molecule is c1cc(Nc2cccc3ccccc23)cc(-c2cccc3c2oc2ccccc23)c1. The topological polar surface area (TPSA) is 25.2 Å². The Hall–Kier alpha value is -4.04. The zero-order valence-electron chi connectivity index (χ0n) is 16.3. The van der Waals surface area contributed by atoms with Crippen LogP contribution in [-0.2, 0) is 0 Å². The highest BCUT2D eigenvalue weighted by atomic mass is 16.3. The lowest BCUT2D eigenvalue weighted by Gasteiger charge is -2.11. The summed E-state index contributed by atoms with van der Waals surface area (Å²) in [6.45, 7) is 0. The van der Waals surface area contributed by atoms with Crippen molar-refractivity contribution in [3.63, 3.8) is 0 Å². The molecule has 6 aromatic rings. The molecule has 142 valence electrons. The zero-order valence-corrected chi connectivity index (χ0v) is 16.3. The standard InChI is InChI=1S/C28H19NO/c1-2-12-22-19(8-1)9-6-16-26(22)29-21-11-5-10-20(18-21)23-14-7-15-25-24-13-3-4-17-27(24)30-28(23)25/h1-18,29H. The van der Waals surface area contributed by atoms with E-state index in [0.29, 0.717) is 0 Å². The number of furan rings is 1. The van der Waals surface area contributed by atoms with Gasteiger partial charge in [-0.2, -0.15) is 0 Å². The van der Waals surface area contributed by atoms with Crippen molar-refractivity contribution >= 4 is 44.1 Å². The summed E-state index contributed by atoms with van der Waals surface area (Å²) in [7, 11) is 0. The molecule has 0 atom stereocenters. The van der Waals surface area contributed by atoms with Gasteiger partial charge >= 0.3 is 0 Å². The summed E-state index contributed by atoms with van der Waals surface area (Å²) in [6.07, 6.45) is 0. The third kappa shape index (κ3) is 2.73. The second-order valence-electron chi connectivity index (χ2n) is 7.51. The summed E-state index contributed by atoms with van der Waals surface area (Å²) in [5.74, 6) is 0. The minimum absolute atomic E-state index is 0.921. The van der Waals surface area contributed by atoms with Crippen molar-refractivity contribution in [1.82, 2.24) is 0 Å². The van der Waals surface area contributed by atoms with Crippen LogP contribution in [-0.4, -0.2) is 0 Å². The van der Waals surface area contributed by atoms with Gasteiger partial charge in [0.1, 0.15) is 11.2 Å². The molecule has 0 aliphatic rings. The number of rotatable bonds is 3. The predicted octanol–water partition coefficient (Wildman–Crippen LogP) is 8.15. The van der Waals surface area contributed by atoms with E-state index in [1.807, 2.05) is 12.1 Å². The first kappa shape index (κ1) is 16.9. The second-order valence-corrected chi connectivity index (χ2v) is 7.51. The van der Waals surface area contributed by atoms with Crippen LogP contribution in [0.1, 0.15) is 0 Å².